The monoisotopic (exact) mass is 327 g/mol. The van der Waals surface area contributed by atoms with E-state index in [0.29, 0.717) is 18.0 Å². The van der Waals surface area contributed by atoms with E-state index in [1.54, 1.807) is 7.11 Å². The van der Waals surface area contributed by atoms with Crippen LogP contribution in [0.1, 0.15) is 25.0 Å². The number of carbonyl (C=O) groups excluding carboxylic acids is 1. The maximum atomic E-state index is 12.7. The number of benzene rings is 2. The molecule has 0 aromatic heterocycles. The van der Waals surface area contributed by atoms with Gasteiger partial charge in [0.2, 0.25) is 12.7 Å². The summed E-state index contributed by atoms with van der Waals surface area (Å²) in [6, 6.07) is 13.2. The van der Waals surface area contributed by atoms with E-state index in [1.807, 2.05) is 56.3 Å². The van der Waals surface area contributed by atoms with Crippen LogP contribution in [0.25, 0.3) is 0 Å². The Morgan fingerprint density at radius 2 is 1.92 bits per heavy atom. The van der Waals surface area contributed by atoms with E-state index in [4.69, 9.17) is 14.2 Å². The van der Waals surface area contributed by atoms with Crippen LogP contribution < -0.4 is 19.5 Å². The Morgan fingerprint density at radius 1 is 1.17 bits per heavy atom. The normalized spacial score (nSPS) is 12.8. The standard InChI is InChI=1S/C19H21NO4/c1-19(2,14-8-9-16-17(10-14)24-12-23-16)18(21)20-11-13-6-4-5-7-15(13)22-3/h4-10H,11-12H2,1-3H3,(H,20,21). The van der Waals surface area contributed by atoms with Crippen molar-refractivity contribution in [1.29, 1.82) is 0 Å². The zero-order chi connectivity index (χ0) is 17.2. The first-order valence-electron chi connectivity index (χ1n) is 7.82. The van der Waals surface area contributed by atoms with Crippen LogP contribution in [0.3, 0.4) is 0 Å². The minimum absolute atomic E-state index is 0.0627. The third-order valence-corrected chi connectivity index (χ3v) is 4.29. The van der Waals surface area contributed by atoms with Crippen LogP contribution in [0.5, 0.6) is 17.2 Å². The van der Waals surface area contributed by atoms with Crippen LogP contribution >= 0.6 is 0 Å². The predicted octanol–water partition coefficient (Wildman–Crippen LogP) is 3.02. The Hall–Kier alpha value is -2.69. The molecule has 1 N–H and O–H groups in total. The molecule has 0 fully saturated rings. The van der Waals surface area contributed by atoms with Crippen molar-refractivity contribution < 1.29 is 19.0 Å². The Kier molecular flexibility index (Phi) is 4.34. The van der Waals surface area contributed by atoms with E-state index in [2.05, 4.69) is 5.32 Å². The van der Waals surface area contributed by atoms with Gasteiger partial charge in [0.15, 0.2) is 11.5 Å². The SMILES string of the molecule is COc1ccccc1CNC(=O)C(C)(C)c1ccc2c(c1)OCO2. The molecule has 0 spiro atoms. The first-order valence-corrected chi connectivity index (χ1v) is 7.82. The van der Waals surface area contributed by atoms with Crippen LogP contribution in [0.4, 0.5) is 0 Å². The Labute approximate surface area is 141 Å². The highest BCUT2D eigenvalue weighted by Gasteiger charge is 2.31. The lowest BCUT2D eigenvalue weighted by Crippen LogP contribution is -2.39. The number of ether oxygens (including phenoxy) is 3. The quantitative estimate of drug-likeness (QED) is 0.917. The van der Waals surface area contributed by atoms with E-state index < -0.39 is 5.41 Å². The van der Waals surface area contributed by atoms with E-state index in [0.717, 1.165) is 16.9 Å². The highest BCUT2D eigenvalue weighted by atomic mass is 16.7. The number of para-hydroxylation sites is 1. The summed E-state index contributed by atoms with van der Waals surface area (Å²) in [5, 5.41) is 2.99. The Balaban J connectivity index is 1.73. The van der Waals surface area contributed by atoms with Crippen LogP contribution in [0.2, 0.25) is 0 Å². The lowest BCUT2D eigenvalue weighted by molar-refractivity contribution is -0.125. The molecule has 0 saturated heterocycles. The molecular formula is C19H21NO4. The molecule has 0 aliphatic carbocycles. The van der Waals surface area contributed by atoms with E-state index >= 15 is 0 Å². The minimum atomic E-state index is -0.691. The Morgan fingerprint density at radius 3 is 2.71 bits per heavy atom. The zero-order valence-corrected chi connectivity index (χ0v) is 14.1. The molecule has 0 atom stereocenters. The zero-order valence-electron chi connectivity index (χ0n) is 14.1. The maximum absolute atomic E-state index is 12.7. The molecule has 1 amide bonds. The number of hydrogen-bond donors (Lipinski definition) is 1. The van der Waals surface area contributed by atoms with Gasteiger partial charge < -0.3 is 19.5 Å². The van der Waals surface area contributed by atoms with Crippen molar-refractivity contribution >= 4 is 5.91 Å². The maximum Gasteiger partial charge on any atom is 0.231 e. The van der Waals surface area contributed by atoms with Gasteiger partial charge in [0.1, 0.15) is 5.75 Å². The van der Waals surface area contributed by atoms with E-state index in [1.165, 1.54) is 0 Å². The van der Waals surface area contributed by atoms with Gasteiger partial charge in [-0.1, -0.05) is 24.3 Å². The van der Waals surface area contributed by atoms with Gasteiger partial charge in [-0.2, -0.15) is 0 Å². The molecule has 24 heavy (non-hydrogen) atoms. The van der Waals surface area contributed by atoms with Crippen molar-refractivity contribution in [2.24, 2.45) is 0 Å². The van der Waals surface area contributed by atoms with Gasteiger partial charge in [0.05, 0.1) is 12.5 Å². The molecule has 5 heteroatoms. The predicted molar refractivity (Wildman–Crippen MR) is 90.4 cm³/mol. The summed E-state index contributed by atoms with van der Waals surface area (Å²) in [6.45, 7) is 4.42. The van der Waals surface area contributed by atoms with Gasteiger partial charge in [-0.25, -0.2) is 0 Å². The molecule has 0 unspecified atom stereocenters. The van der Waals surface area contributed by atoms with Gasteiger partial charge in [0.25, 0.3) is 0 Å². The third kappa shape index (κ3) is 3.02. The van der Waals surface area contributed by atoms with Crippen LogP contribution in [0.15, 0.2) is 42.5 Å². The summed E-state index contributed by atoms with van der Waals surface area (Å²) >= 11 is 0. The molecule has 1 aliphatic rings. The summed E-state index contributed by atoms with van der Waals surface area (Å²) in [4.78, 5) is 12.7. The number of methoxy groups -OCH3 is 1. The fraction of sp³-hybridized carbons (Fsp3) is 0.316. The van der Waals surface area contributed by atoms with Crippen molar-refractivity contribution in [3.63, 3.8) is 0 Å². The highest BCUT2D eigenvalue weighted by molar-refractivity contribution is 5.87. The molecule has 1 heterocycles. The molecule has 0 saturated carbocycles. The van der Waals surface area contributed by atoms with E-state index in [9.17, 15) is 4.79 Å². The lowest BCUT2D eigenvalue weighted by Gasteiger charge is -2.24. The molecule has 3 rings (SSSR count). The summed E-state index contributed by atoms with van der Waals surface area (Å²) in [5.41, 5.74) is 1.13. The van der Waals surface area contributed by atoms with Crippen LogP contribution in [0, 0.1) is 0 Å². The summed E-state index contributed by atoms with van der Waals surface area (Å²) in [5.74, 6) is 2.09. The van der Waals surface area contributed by atoms with Crippen molar-refractivity contribution in [3.05, 3.63) is 53.6 Å². The molecule has 0 bridgehead atoms. The van der Waals surface area contributed by atoms with Gasteiger partial charge in [-0.05, 0) is 37.6 Å². The number of nitrogens with one attached hydrogen (secondary N) is 1. The average molecular weight is 327 g/mol. The second-order valence-corrected chi connectivity index (χ2v) is 6.19. The second kappa shape index (κ2) is 6.43. The number of rotatable bonds is 5. The fourth-order valence-electron chi connectivity index (χ4n) is 2.66. The van der Waals surface area contributed by atoms with Crippen LogP contribution in [-0.2, 0) is 16.8 Å². The number of fused-ring (bicyclic) bond motifs is 1. The minimum Gasteiger partial charge on any atom is -0.496 e. The molecule has 5 nitrogen and oxygen atoms in total. The molecule has 2 aromatic carbocycles. The van der Waals surface area contributed by atoms with Gasteiger partial charge in [-0.3, -0.25) is 4.79 Å². The lowest BCUT2D eigenvalue weighted by atomic mass is 9.83. The summed E-state index contributed by atoms with van der Waals surface area (Å²) in [7, 11) is 1.62. The number of amides is 1. The average Bonchev–Trinajstić information content (AvgIpc) is 3.07. The van der Waals surface area contributed by atoms with Crippen molar-refractivity contribution in [1.82, 2.24) is 5.32 Å². The number of hydrogen-bond acceptors (Lipinski definition) is 4. The first kappa shape index (κ1) is 16.2. The second-order valence-electron chi connectivity index (χ2n) is 6.19. The van der Waals surface area contributed by atoms with Gasteiger partial charge >= 0.3 is 0 Å². The molecular weight excluding hydrogens is 306 g/mol. The highest BCUT2D eigenvalue weighted by Crippen LogP contribution is 2.36. The van der Waals surface area contributed by atoms with Gasteiger partial charge in [-0.15, -0.1) is 0 Å². The van der Waals surface area contributed by atoms with Crippen molar-refractivity contribution in [2.75, 3.05) is 13.9 Å². The first-order chi connectivity index (χ1) is 11.5. The smallest absolute Gasteiger partial charge is 0.231 e. The molecule has 2 aromatic rings. The van der Waals surface area contributed by atoms with Crippen LogP contribution in [-0.4, -0.2) is 19.8 Å². The summed E-state index contributed by atoms with van der Waals surface area (Å²) < 4.78 is 16.0. The Bertz CT molecular complexity index is 755. The number of carbonyl (C=O) groups is 1. The largest absolute Gasteiger partial charge is 0.496 e. The molecule has 126 valence electrons. The molecule has 0 radical (unpaired) electrons. The third-order valence-electron chi connectivity index (χ3n) is 4.29. The fourth-order valence-corrected chi connectivity index (χ4v) is 2.66. The molecule has 1 aliphatic heterocycles. The summed E-state index contributed by atoms with van der Waals surface area (Å²) in [6.07, 6.45) is 0. The van der Waals surface area contributed by atoms with Gasteiger partial charge in [0, 0.05) is 12.1 Å². The topological polar surface area (TPSA) is 56.8 Å². The van der Waals surface area contributed by atoms with E-state index in [-0.39, 0.29) is 12.7 Å². The van der Waals surface area contributed by atoms with Crippen molar-refractivity contribution in [3.8, 4) is 17.2 Å². The van der Waals surface area contributed by atoms with Crippen molar-refractivity contribution in [2.45, 2.75) is 25.8 Å².